The molecule has 0 aliphatic rings. The van der Waals surface area contributed by atoms with E-state index >= 15 is 0 Å². The third kappa shape index (κ3) is 3.43. The Hall–Kier alpha value is -1.19. The monoisotopic (exact) mass is 231 g/mol. The summed E-state index contributed by atoms with van der Waals surface area (Å²) in [6, 6.07) is 5.47. The zero-order valence-electron chi connectivity index (χ0n) is 9.43. The Morgan fingerprint density at radius 3 is 1.94 bits per heavy atom. The standard InChI is InChI=1S/C12H16F3N/c1-3-10(4-2)16-11-7-5-9(6-8-11)12(13,14)15/h5-8,10,16H,3-4H2,1-2H3. The van der Waals surface area contributed by atoms with Crippen LogP contribution in [0.5, 0.6) is 0 Å². The number of benzene rings is 1. The molecule has 0 heterocycles. The summed E-state index contributed by atoms with van der Waals surface area (Å²) < 4.78 is 36.9. The van der Waals surface area contributed by atoms with Crippen LogP contribution in [0.25, 0.3) is 0 Å². The number of rotatable bonds is 4. The van der Waals surface area contributed by atoms with Crippen LogP contribution in [0.4, 0.5) is 18.9 Å². The maximum atomic E-state index is 12.3. The molecule has 0 bridgehead atoms. The molecule has 0 aliphatic carbocycles. The minimum Gasteiger partial charge on any atom is -0.382 e. The van der Waals surface area contributed by atoms with Crippen molar-refractivity contribution in [2.45, 2.75) is 38.9 Å². The lowest BCUT2D eigenvalue weighted by Crippen LogP contribution is -2.17. The molecule has 0 radical (unpaired) electrons. The summed E-state index contributed by atoms with van der Waals surface area (Å²) in [5.41, 5.74) is 0.129. The van der Waals surface area contributed by atoms with Gasteiger partial charge >= 0.3 is 6.18 Å². The summed E-state index contributed by atoms with van der Waals surface area (Å²) in [4.78, 5) is 0. The van der Waals surface area contributed by atoms with Gasteiger partial charge < -0.3 is 5.32 Å². The maximum absolute atomic E-state index is 12.3. The number of hydrogen-bond donors (Lipinski definition) is 1. The fraction of sp³-hybridized carbons (Fsp3) is 0.500. The van der Waals surface area contributed by atoms with E-state index in [0.29, 0.717) is 6.04 Å². The molecular weight excluding hydrogens is 215 g/mol. The SMILES string of the molecule is CCC(CC)Nc1ccc(C(F)(F)F)cc1. The van der Waals surface area contributed by atoms with Crippen molar-refractivity contribution in [1.29, 1.82) is 0 Å². The molecule has 0 atom stereocenters. The second-order valence-corrected chi connectivity index (χ2v) is 3.73. The lowest BCUT2D eigenvalue weighted by atomic mass is 10.1. The van der Waals surface area contributed by atoms with E-state index in [1.165, 1.54) is 12.1 Å². The van der Waals surface area contributed by atoms with Gasteiger partial charge in [0.2, 0.25) is 0 Å². The first kappa shape index (κ1) is 12.9. The fourth-order valence-corrected chi connectivity index (χ4v) is 1.48. The number of alkyl halides is 3. The molecule has 1 rings (SSSR count). The zero-order valence-corrected chi connectivity index (χ0v) is 9.43. The predicted molar refractivity (Wildman–Crippen MR) is 59.4 cm³/mol. The molecule has 0 fully saturated rings. The Morgan fingerprint density at radius 2 is 1.56 bits per heavy atom. The van der Waals surface area contributed by atoms with E-state index < -0.39 is 11.7 Å². The highest BCUT2D eigenvalue weighted by atomic mass is 19.4. The molecule has 16 heavy (non-hydrogen) atoms. The zero-order chi connectivity index (χ0) is 12.2. The second kappa shape index (κ2) is 5.23. The molecule has 90 valence electrons. The Kier molecular flexibility index (Phi) is 4.21. The van der Waals surface area contributed by atoms with E-state index in [0.717, 1.165) is 30.7 Å². The van der Waals surface area contributed by atoms with Crippen molar-refractivity contribution in [3.8, 4) is 0 Å². The molecule has 0 aliphatic heterocycles. The van der Waals surface area contributed by atoms with Crippen LogP contribution in [0.2, 0.25) is 0 Å². The average Bonchev–Trinajstić information content (AvgIpc) is 2.25. The van der Waals surface area contributed by atoms with Gasteiger partial charge in [-0.2, -0.15) is 13.2 Å². The summed E-state index contributed by atoms with van der Waals surface area (Å²) in [6.07, 6.45) is -2.34. The number of halogens is 3. The minimum atomic E-state index is -4.26. The van der Waals surface area contributed by atoms with Gasteiger partial charge in [-0.3, -0.25) is 0 Å². The molecule has 0 amide bonds. The first-order valence-electron chi connectivity index (χ1n) is 5.41. The number of hydrogen-bond acceptors (Lipinski definition) is 1. The summed E-state index contributed by atoms with van der Waals surface area (Å²) in [5, 5.41) is 3.19. The number of nitrogens with one attached hydrogen (secondary N) is 1. The van der Waals surface area contributed by atoms with E-state index in [1.807, 2.05) is 13.8 Å². The lowest BCUT2D eigenvalue weighted by Gasteiger charge is -2.16. The van der Waals surface area contributed by atoms with Crippen LogP contribution in [0.15, 0.2) is 24.3 Å². The summed E-state index contributed by atoms with van der Waals surface area (Å²) in [6.45, 7) is 4.09. The first-order chi connectivity index (χ1) is 7.47. The van der Waals surface area contributed by atoms with E-state index in [9.17, 15) is 13.2 Å². The Labute approximate surface area is 93.7 Å². The minimum absolute atomic E-state index is 0.316. The lowest BCUT2D eigenvalue weighted by molar-refractivity contribution is -0.137. The van der Waals surface area contributed by atoms with Crippen LogP contribution in [-0.2, 0) is 6.18 Å². The van der Waals surface area contributed by atoms with Crippen molar-refractivity contribution in [3.05, 3.63) is 29.8 Å². The Balaban J connectivity index is 2.72. The molecular formula is C12H16F3N. The van der Waals surface area contributed by atoms with Crippen LogP contribution in [0.3, 0.4) is 0 Å². The molecule has 0 saturated heterocycles. The van der Waals surface area contributed by atoms with Crippen molar-refractivity contribution in [2.75, 3.05) is 5.32 Å². The van der Waals surface area contributed by atoms with Crippen LogP contribution in [-0.4, -0.2) is 6.04 Å². The van der Waals surface area contributed by atoms with E-state index in [2.05, 4.69) is 5.32 Å². The third-order valence-electron chi connectivity index (χ3n) is 2.57. The van der Waals surface area contributed by atoms with Crippen LogP contribution >= 0.6 is 0 Å². The average molecular weight is 231 g/mol. The highest BCUT2D eigenvalue weighted by Gasteiger charge is 2.29. The first-order valence-corrected chi connectivity index (χ1v) is 5.41. The fourth-order valence-electron chi connectivity index (χ4n) is 1.48. The predicted octanol–water partition coefficient (Wildman–Crippen LogP) is 4.31. The smallest absolute Gasteiger partial charge is 0.382 e. The van der Waals surface area contributed by atoms with Crippen LogP contribution < -0.4 is 5.32 Å². The van der Waals surface area contributed by atoms with E-state index in [-0.39, 0.29) is 0 Å². The summed E-state index contributed by atoms with van der Waals surface area (Å²) in [5.74, 6) is 0. The topological polar surface area (TPSA) is 12.0 Å². The van der Waals surface area contributed by atoms with Gasteiger partial charge in [0.25, 0.3) is 0 Å². The molecule has 0 unspecified atom stereocenters. The van der Waals surface area contributed by atoms with Crippen molar-refractivity contribution in [3.63, 3.8) is 0 Å². The van der Waals surface area contributed by atoms with E-state index in [1.54, 1.807) is 0 Å². The largest absolute Gasteiger partial charge is 0.416 e. The number of anilines is 1. The van der Waals surface area contributed by atoms with Gasteiger partial charge in [0.1, 0.15) is 0 Å². The van der Waals surface area contributed by atoms with Gasteiger partial charge in [-0.05, 0) is 37.1 Å². The van der Waals surface area contributed by atoms with Gasteiger partial charge in [0.15, 0.2) is 0 Å². The summed E-state index contributed by atoms with van der Waals surface area (Å²) in [7, 11) is 0. The van der Waals surface area contributed by atoms with Crippen molar-refractivity contribution in [1.82, 2.24) is 0 Å². The van der Waals surface area contributed by atoms with Crippen molar-refractivity contribution in [2.24, 2.45) is 0 Å². The molecule has 0 aromatic heterocycles. The highest BCUT2D eigenvalue weighted by molar-refractivity contribution is 5.45. The van der Waals surface area contributed by atoms with Gasteiger partial charge in [-0.15, -0.1) is 0 Å². The van der Waals surface area contributed by atoms with Gasteiger partial charge in [0, 0.05) is 11.7 Å². The molecule has 4 heteroatoms. The van der Waals surface area contributed by atoms with Crippen LogP contribution in [0.1, 0.15) is 32.3 Å². The Morgan fingerprint density at radius 1 is 1.06 bits per heavy atom. The second-order valence-electron chi connectivity index (χ2n) is 3.73. The van der Waals surface area contributed by atoms with Gasteiger partial charge in [-0.1, -0.05) is 13.8 Å². The van der Waals surface area contributed by atoms with Gasteiger partial charge in [-0.25, -0.2) is 0 Å². The molecule has 1 N–H and O–H groups in total. The molecule has 1 aromatic carbocycles. The molecule has 0 spiro atoms. The summed E-state index contributed by atoms with van der Waals surface area (Å²) >= 11 is 0. The maximum Gasteiger partial charge on any atom is 0.416 e. The van der Waals surface area contributed by atoms with Crippen molar-refractivity contribution < 1.29 is 13.2 Å². The third-order valence-corrected chi connectivity index (χ3v) is 2.57. The van der Waals surface area contributed by atoms with Crippen LogP contribution in [0, 0.1) is 0 Å². The normalized spacial score (nSPS) is 11.9. The van der Waals surface area contributed by atoms with Gasteiger partial charge in [0.05, 0.1) is 5.56 Å². The quantitative estimate of drug-likeness (QED) is 0.814. The highest BCUT2D eigenvalue weighted by Crippen LogP contribution is 2.29. The van der Waals surface area contributed by atoms with Crippen molar-refractivity contribution >= 4 is 5.69 Å². The molecule has 1 nitrogen and oxygen atoms in total. The molecule has 1 aromatic rings. The Bertz CT molecular complexity index is 312. The van der Waals surface area contributed by atoms with E-state index in [4.69, 9.17) is 0 Å². The molecule has 0 saturated carbocycles.